The molecular formula is C18H26O7. The van der Waals surface area contributed by atoms with Crippen LogP contribution in [0.15, 0.2) is 24.3 Å². The highest BCUT2D eigenvalue weighted by Crippen LogP contribution is 2.39. The Morgan fingerprint density at radius 1 is 1.20 bits per heavy atom. The van der Waals surface area contributed by atoms with Crippen LogP contribution in [0.1, 0.15) is 26.3 Å². The molecule has 2 fully saturated rings. The number of ether oxygens (including phenoxy) is 5. The third-order valence-electron chi connectivity index (χ3n) is 4.27. The summed E-state index contributed by atoms with van der Waals surface area (Å²) in [6, 6.07) is 7.61. The molecule has 2 heterocycles. The van der Waals surface area contributed by atoms with Gasteiger partial charge in [0.05, 0.1) is 19.8 Å². The molecule has 7 heteroatoms. The van der Waals surface area contributed by atoms with Gasteiger partial charge in [0.25, 0.3) is 0 Å². The zero-order valence-electron chi connectivity index (χ0n) is 14.8. The van der Waals surface area contributed by atoms with E-state index in [1.54, 1.807) is 13.8 Å². The molecule has 2 aliphatic rings. The Bertz CT molecular complexity index is 559. The summed E-state index contributed by atoms with van der Waals surface area (Å²) >= 11 is 0. The number of fused-ring (bicyclic) bond motifs is 1. The first kappa shape index (κ1) is 18.6. The van der Waals surface area contributed by atoms with Gasteiger partial charge < -0.3 is 33.9 Å². The van der Waals surface area contributed by atoms with Gasteiger partial charge in [-0.05, 0) is 38.5 Å². The third kappa shape index (κ3) is 4.13. The van der Waals surface area contributed by atoms with Crippen LogP contribution in [0.2, 0.25) is 0 Å². The molecule has 2 saturated heterocycles. The molecule has 0 spiro atoms. The van der Waals surface area contributed by atoms with Gasteiger partial charge in [-0.1, -0.05) is 12.1 Å². The van der Waals surface area contributed by atoms with Gasteiger partial charge in [-0.3, -0.25) is 0 Å². The molecule has 1 aromatic rings. The van der Waals surface area contributed by atoms with Gasteiger partial charge in [-0.25, -0.2) is 0 Å². The third-order valence-corrected chi connectivity index (χ3v) is 4.27. The number of aliphatic hydroxyl groups is 2. The van der Waals surface area contributed by atoms with E-state index in [2.05, 4.69) is 0 Å². The average molecular weight is 354 g/mol. The minimum atomic E-state index is -1.06. The largest absolute Gasteiger partial charge is 0.494 e. The van der Waals surface area contributed by atoms with Crippen molar-refractivity contribution in [3.8, 4) is 5.75 Å². The van der Waals surface area contributed by atoms with Gasteiger partial charge >= 0.3 is 0 Å². The summed E-state index contributed by atoms with van der Waals surface area (Å²) in [7, 11) is 0. The van der Waals surface area contributed by atoms with E-state index in [4.69, 9.17) is 23.7 Å². The first-order valence-corrected chi connectivity index (χ1v) is 8.57. The highest BCUT2D eigenvalue weighted by molar-refractivity contribution is 5.26. The second kappa shape index (κ2) is 7.57. The molecule has 0 saturated carbocycles. The minimum absolute atomic E-state index is 0.322. The minimum Gasteiger partial charge on any atom is -0.494 e. The second-order valence-electron chi connectivity index (χ2n) is 6.67. The fourth-order valence-corrected chi connectivity index (χ4v) is 3.15. The maximum Gasteiger partial charge on any atom is 0.190 e. The molecule has 0 amide bonds. The van der Waals surface area contributed by atoms with Crippen molar-refractivity contribution in [2.45, 2.75) is 63.9 Å². The van der Waals surface area contributed by atoms with Crippen molar-refractivity contribution in [1.29, 1.82) is 0 Å². The van der Waals surface area contributed by atoms with E-state index in [1.165, 1.54) is 0 Å². The summed E-state index contributed by atoms with van der Waals surface area (Å²) < 4.78 is 28.7. The van der Waals surface area contributed by atoms with Crippen molar-refractivity contribution in [1.82, 2.24) is 0 Å². The van der Waals surface area contributed by atoms with Crippen molar-refractivity contribution in [3.63, 3.8) is 0 Å². The van der Waals surface area contributed by atoms with E-state index in [0.29, 0.717) is 13.2 Å². The van der Waals surface area contributed by atoms with Crippen LogP contribution in [-0.4, -0.2) is 59.9 Å². The number of hydrogen-bond acceptors (Lipinski definition) is 7. The molecule has 2 aliphatic heterocycles. The zero-order valence-corrected chi connectivity index (χ0v) is 14.8. The fourth-order valence-electron chi connectivity index (χ4n) is 3.15. The van der Waals surface area contributed by atoms with Crippen LogP contribution in [0.25, 0.3) is 0 Å². The standard InChI is InChI=1S/C18H26O7/c1-4-21-12-7-5-11(6-8-12)10-22-15-14(13(20)9-19)23-17-16(15)24-18(2,3)25-17/h5-8,13-17,19-20H,4,9-10H2,1-3H3/t13-,14-,15-,16+,17+/m1/s1. The summed E-state index contributed by atoms with van der Waals surface area (Å²) in [5, 5.41) is 19.3. The molecule has 3 rings (SSSR count). The van der Waals surface area contributed by atoms with Crippen LogP contribution in [-0.2, 0) is 25.6 Å². The Morgan fingerprint density at radius 2 is 1.92 bits per heavy atom. The molecular weight excluding hydrogens is 328 g/mol. The number of hydrogen-bond donors (Lipinski definition) is 2. The van der Waals surface area contributed by atoms with Crippen molar-refractivity contribution in [2.75, 3.05) is 13.2 Å². The Morgan fingerprint density at radius 3 is 2.56 bits per heavy atom. The molecule has 7 nitrogen and oxygen atoms in total. The molecule has 1 aromatic carbocycles. The van der Waals surface area contributed by atoms with Gasteiger partial charge in [-0.2, -0.15) is 0 Å². The van der Waals surface area contributed by atoms with E-state index in [1.807, 2.05) is 31.2 Å². The van der Waals surface area contributed by atoms with Gasteiger partial charge in [0.1, 0.15) is 30.2 Å². The molecule has 0 aromatic heterocycles. The summed E-state index contributed by atoms with van der Waals surface area (Å²) in [5.74, 6) is 0.0314. The SMILES string of the molecule is CCOc1ccc(CO[C@H]2[C@@H]3OC(C)(C)O[C@@H]3O[C@@H]2[C@H](O)CO)cc1. The van der Waals surface area contributed by atoms with Crippen LogP contribution < -0.4 is 4.74 Å². The van der Waals surface area contributed by atoms with Crippen molar-refractivity contribution in [2.24, 2.45) is 0 Å². The molecule has 140 valence electrons. The van der Waals surface area contributed by atoms with E-state index < -0.39 is 43.1 Å². The second-order valence-corrected chi connectivity index (χ2v) is 6.67. The van der Waals surface area contributed by atoms with Crippen molar-refractivity contribution in [3.05, 3.63) is 29.8 Å². The number of aliphatic hydroxyl groups excluding tert-OH is 2. The average Bonchev–Trinajstić information content (AvgIpc) is 3.05. The van der Waals surface area contributed by atoms with E-state index in [-0.39, 0.29) is 0 Å². The lowest BCUT2D eigenvalue weighted by atomic mass is 10.1. The predicted molar refractivity (Wildman–Crippen MR) is 88.0 cm³/mol. The summed E-state index contributed by atoms with van der Waals surface area (Å²) in [6.07, 6.45) is -3.39. The van der Waals surface area contributed by atoms with Crippen LogP contribution in [0.3, 0.4) is 0 Å². The zero-order chi connectivity index (χ0) is 18.0. The van der Waals surface area contributed by atoms with E-state index in [9.17, 15) is 10.2 Å². The fraction of sp³-hybridized carbons (Fsp3) is 0.667. The van der Waals surface area contributed by atoms with Crippen molar-refractivity contribution < 1.29 is 33.9 Å². The van der Waals surface area contributed by atoms with Crippen molar-refractivity contribution >= 4 is 0 Å². The maximum atomic E-state index is 10.0. The Balaban J connectivity index is 1.66. The monoisotopic (exact) mass is 354 g/mol. The van der Waals surface area contributed by atoms with Crippen LogP contribution in [0.4, 0.5) is 0 Å². The topological polar surface area (TPSA) is 86.6 Å². The normalized spacial score (nSPS) is 31.7. The first-order valence-electron chi connectivity index (χ1n) is 8.57. The molecule has 5 atom stereocenters. The van der Waals surface area contributed by atoms with Crippen LogP contribution >= 0.6 is 0 Å². The molecule has 0 aliphatic carbocycles. The maximum absolute atomic E-state index is 10.0. The molecule has 2 N–H and O–H groups in total. The van der Waals surface area contributed by atoms with Gasteiger partial charge in [0, 0.05) is 0 Å². The van der Waals surface area contributed by atoms with E-state index >= 15 is 0 Å². The molecule has 25 heavy (non-hydrogen) atoms. The van der Waals surface area contributed by atoms with Gasteiger partial charge in [0.15, 0.2) is 12.1 Å². The Labute approximate surface area is 147 Å². The lowest BCUT2D eigenvalue weighted by Gasteiger charge is -2.28. The Hall–Kier alpha value is -1.22. The molecule has 0 bridgehead atoms. The highest BCUT2D eigenvalue weighted by Gasteiger charge is 2.56. The van der Waals surface area contributed by atoms with Gasteiger partial charge in [-0.15, -0.1) is 0 Å². The lowest BCUT2D eigenvalue weighted by molar-refractivity contribution is -0.232. The predicted octanol–water partition coefficient (Wildman–Crippen LogP) is 1.20. The molecule has 0 radical (unpaired) electrons. The van der Waals surface area contributed by atoms with Gasteiger partial charge in [0.2, 0.25) is 0 Å². The Kier molecular flexibility index (Phi) is 5.62. The summed E-state index contributed by atoms with van der Waals surface area (Å²) in [5.41, 5.74) is 0.960. The quantitative estimate of drug-likeness (QED) is 0.761. The number of benzene rings is 1. The lowest BCUT2D eigenvalue weighted by Crippen LogP contribution is -2.44. The van der Waals surface area contributed by atoms with E-state index in [0.717, 1.165) is 11.3 Å². The number of rotatable bonds is 7. The highest BCUT2D eigenvalue weighted by atomic mass is 16.8. The smallest absolute Gasteiger partial charge is 0.190 e. The van der Waals surface area contributed by atoms with Crippen LogP contribution in [0, 0.1) is 0 Å². The summed E-state index contributed by atoms with van der Waals surface area (Å²) in [6.45, 7) is 6.06. The molecule has 0 unspecified atom stereocenters. The van der Waals surface area contributed by atoms with Crippen LogP contribution in [0.5, 0.6) is 5.75 Å². The summed E-state index contributed by atoms with van der Waals surface area (Å²) in [4.78, 5) is 0. The first-order chi connectivity index (χ1) is 11.9.